The molecule has 4 nitrogen and oxygen atoms in total. The van der Waals surface area contributed by atoms with E-state index in [1.165, 1.54) is 7.11 Å². The number of Topliss-reactive ketones (excluding diaryl/α,β-unsaturated/α-hetero) is 1. The summed E-state index contributed by atoms with van der Waals surface area (Å²) in [6, 6.07) is 5.14. The molecule has 0 aromatic heterocycles. The van der Waals surface area contributed by atoms with Crippen LogP contribution in [-0.2, 0) is 9.53 Å². The Balaban J connectivity index is 2.83. The maximum absolute atomic E-state index is 11.8. The summed E-state index contributed by atoms with van der Waals surface area (Å²) in [6.07, 6.45) is -0.152. The second kappa shape index (κ2) is 6.19. The fraction of sp³-hybridized carbons (Fsp3) is 0.429. The lowest BCUT2D eigenvalue weighted by Crippen LogP contribution is -2.10. The molecule has 0 N–H and O–H groups in total. The lowest BCUT2D eigenvalue weighted by Gasteiger charge is -2.13. The topological polar surface area (TPSA) is 52.6 Å². The first-order valence-corrected chi connectivity index (χ1v) is 5.81. The van der Waals surface area contributed by atoms with Crippen LogP contribution >= 0.6 is 0 Å². The monoisotopic (exact) mass is 250 g/mol. The molecule has 0 amide bonds. The van der Waals surface area contributed by atoms with Crippen molar-refractivity contribution in [3.8, 4) is 5.75 Å². The van der Waals surface area contributed by atoms with Crippen LogP contribution in [0, 0.1) is 6.92 Å². The third kappa shape index (κ3) is 3.87. The molecule has 1 rings (SSSR count). The van der Waals surface area contributed by atoms with Gasteiger partial charge in [0.15, 0.2) is 5.78 Å². The van der Waals surface area contributed by atoms with E-state index >= 15 is 0 Å². The van der Waals surface area contributed by atoms with Gasteiger partial charge in [-0.2, -0.15) is 0 Å². The normalized spacial score (nSPS) is 10.3. The van der Waals surface area contributed by atoms with Crippen LogP contribution in [0.5, 0.6) is 5.75 Å². The van der Waals surface area contributed by atoms with E-state index in [2.05, 4.69) is 4.74 Å². The summed E-state index contributed by atoms with van der Waals surface area (Å²) in [5.41, 5.74) is 1.37. The van der Waals surface area contributed by atoms with E-state index in [1.807, 2.05) is 20.8 Å². The average Bonchev–Trinajstić information content (AvgIpc) is 2.30. The van der Waals surface area contributed by atoms with Crippen molar-refractivity contribution < 1.29 is 19.1 Å². The molecule has 0 heterocycles. The average molecular weight is 250 g/mol. The Kier molecular flexibility index (Phi) is 4.89. The van der Waals surface area contributed by atoms with Crippen LogP contribution in [0.15, 0.2) is 18.2 Å². The molecule has 0 unspecified atom stereocenters. The first kappa shape index (κ1) is 14.2. The highest BCUT2D eigenvalue weighted by Crippen LogP contribution is 2.21. The molecule has 0 aliphatic carbocycles. The molecule has 18 heavy (non-hydrogen) atoms. The first-order valence-electron chi connectivity index (χ1n) is 5.81. The van der Waals surface area contributed by atoms with Crippen molar-refractivity contribution in [3.05, 3.63) is 29.3 Å². The van der Waals surface area contributed by atoms with Crippen molar-refractivity contribution in [2.45, 2.75) is 33.3 Å². The van der Waals surface area contributed by atoms with Gasteiger partial charge in [-0.3, -0.25) is 9.59 Å². The summed E-state index contributed by atoms with van der Waals surface area (Å²) in [5.74, 6) is -0.0270. The number of benzene rings is 1. The zero-order chi connectivity index (χ0) is 13.7. The highest BCUT2D eigenvalue weighted by atomic mass is 16.5. The molecule has 0 saturated heterocycles. The minimum absolute atomic E-state index is 0.0836. The highest BCUT2D eigenvalue weighted by Gasteiger charge is 2.13. The van der Waals surface area contributed by atoms with Gasteiger partial charge in [0.25, 0.3) is 0 Å². The minimum Gasteiger partial charge on any atom is -0.491 e. The van der Waals surface area contributed by atoms with Gasteiger partial charge in [0, 0.05) is 5.56 Å². The maximum Gasteiger partial charge on any atom is 0.313 e. The smallest absolute Gasteiger partial charge is 0.313 e. The molecule has 0 aliphatic rings. The SMILES string of the molecule is COC(=O)CC(=O)c1ccc(OC(C)C)c(C)c1. The van der Waals surface area contributed by atoms with Crippen LogP contribution < -0.4 is 4.74 Å². The third-order valence-electron chi connectivity index (χ3n) is 2.39. The number of ketones is 1. The zero-order valence-corrected chi connectivity index (χ0v) is 11.1. The number of hydrogen-bond acceptors (Lipinski definition) is 4. The Bertz CT molecular complexity index is 449. The molecule has 0 radical (unpaired) electrons. The summed E-state index contributed by atoms with van der Waals surface area (Å²) < 4.78 is 10.0. The summed E-state index contributed by atoms with van der Waals surface area (Å²) in [6.45, 7) is 5.75. The molecule has 0 aliphatic heterocycles. The number of methoxy groups -OCH3 is 1. The van der Waals surface area contributed by atoms with Crippen LogP contribution in [0.2, 0.25) is 0 Å². The van der Waals surface area contributed by atoms with Gasteiger partial charge in [-0.25, -0.2) is 0 Å². The number of esters is 1. The second-order valence-electron chi connectivity index (χ2n) is 4.32. The standard InChI is InChI=1S/C14H18O4/c1-9(2)18-13-6-5-11(7-10(13)3)12(15)8-14(16)17-4/h5-7,9H,8H2,1-4H3. The van der Waals surface area contributed by atoms with E-state index in [0.717, 1.165) is 11.3 Å². The molecule has 0 saturated carbocycles. The fourth-order valence-corrected chi connectivity index (χ4v) is 1.51. The quantitative estimate of drug-likeness (QED) is 0.458. The molecular weight excluding hydrogens is 232 g/mol. The molecule has 0 atom stereocenters. The van der Waals surface area contributed by atoms with Crippen molar-refractivity contribution >= 4 is 11.8 Å². The Hall–Kier alpha value is -1.84. The predicted octanol–water partition coefficient (Wildman–Crippen LogP) is 2.53. The van der Waals surface area contributed by atoms with Gasteiger partial charge in [-0.15, -0.1) is 0 Å². The molecule has 98 valence electrons. The van der Waals surface area contributed by atoms with Crippen LogP contribution in [-0.4, -0.2) is 25.0 Å². The lowest BCUT2D eigenvalue weighted by atomic mass is 10.1. The van der Waals surface area contributed by atoms with E-state index in [0.29, 0.717) is 5.56 Å². The van der Waals surface area contributed by atoms with Crippen LogP contribution in [0.1, 0.15) is 36.2 Å². The zero-order valence-electron chi connectivity index (χ0n) is 11.1. The van der Waals surface area contributed by atoms with E-state index < -0.39 is 5.97 Å². The van der Waals surface area contributed by atoms with Crippen molar-refractivity contribution in [1.29, 1.82) is 0 Å². The lowest BCUT2D eigenvalue weighted by molar-refractivity contribution is -0.139. The van der Waals surface area contributed by atoms with Gasteiger partial charge in [-0.05, 0) is 44.5 Å². The summed E-state index contributed by atoms with van der Waals surface area (Å²) in [4.78, 5) is 22.8. The maximum atomic E-state index is 11.8. The van der Waals surface area contributed by atoms with E-state index in [4.69, 9.17) is 4.74 Å². The Morgan fingerprint density at radius 3 is 2.44 bits per heavy atom. The van der Waals surface area contributed by atoms with Crippen LogP contribution in [0.3, 0.4) is 0 Å². The molecule has 0 fully saturated rings. The summed E-state index contributed by atoms with van der Waals surface area (Å²) in [7, 11) is 1.26. The number of carbonyl (C=O) groups is 2. The summed E-state index contributed by atoms with van der Waals surface area (Å²) >= 11 is 0. The van der Waals surface area contributed by atoms with E-state index in [-0.39, 0.29) is 18.3 Å². The second-order valence-corrected chi connectivity index (χ2v) is 4.32. The van der Waals surface area contributed by atoms with Gasteiger partial charge in [-0.1, -0.05) is 0 Å². The predicted molar refractivity (Wildman–Crippen MR) is 67.9 cm³/mol. The van der Waals surface area contributed by atoms with Crippen LogP contribution in [0.4, 0.5) is 0 Å². The van der Waals surface area contributed by atoms with Gasteiger partial charge >= 0.3 is 5.97 Å². The minimum atomic E-state index is -0.528. The largest absolute Gasteiger partial charge is 0.491 e. The van der Waals surface area contributed by atoms with Crippen molar-refractivity contribution in [2.75, 3.05) is 7.11 Å². The molecule has 0 spiro atoms. The molecule has 1 aromatic carbocycles. The molecular formula is C14H18O4. The molecule has 4 heteroatoms. The van der Waals surface area contributed by atoms with Crippen molar-refractivity contribution in [3.63, 3.8) is 0 Å². The van der Waals surface area contributed by atoms with Crippen molar-refractivity contribution in [1.82, 2.24) is 0 Å². The molecule has 0 bridgehead atoms. The Morgan fingerprint density at radius 2 is 1.94 bits per heavy atom. The van der Waals surface area contributed by atoms with Gasteiger partial charge in [0.2, 0.25) is 0 Å². The van der Waals surface area contributed by atoms with Gasteiger partial charge in [0.1, 0.15) is 12.2 Å². The number of aryl methyl sites for hydroxylation is 1. The van der Waals surface area contributed by atoms with Crippen LogP contribution in [0.25, 0.3) is 0 Å². The van der Waals surface area contributed by atoms with Gasteiger partial charge in [0.05, 0.1) is 13.2 Å². The highest BCUT2D eigenvalue weighted by molar-refractivity contribution is 6.06. The first-order chi connectivity index (χ1) is 8.43. The number of rotatable bonds is 5. The van der Waals surface area contributed by atoms with Crippen molar-refractivity contribution in [2.24, 2.45) is 0 Å². The molecule has 1 aromatic rings. The Morgan fingerprint density at radius 1 is 1.28 bits per heavy atom. The van der Waals surface area contributed by atoms with E-state index in [1.54, 1.807) is 18.2 Å². The van der Waals surface area contributed by atoms with Gasteiger partial charge < -0.3 is 9.47 Å². The number of ether oxygens (including phenoxy) is 2. The fourth-order valence-electron chi connectivity index (χ4n) is 1.51. The summed E-state index contributed by atoms with van der Waals surface area (Å²) in [5, 5.41) is 0. The Labute approximate surface area is 107 Å². The van der Waals surface area contributed by atoms with E-state index in [9.17, 15) is 9.59 Å². The number of hydrogen-bond donors (Lipinski definition) is 0. The number of carbonyl (C=O) groups excluding carboxylic acids is 2. The third-order valence-corrected chi connectivity index (χ3v) is 2.39.